The van der Waals surface area contributed by atoms with Crippen molar-refractivity contribution in [2.75, 3.05) is 30.0 Å². The van der Waals surface area contributed by atoms with E-state index >= 15 is 0 Å². The van der Waals surface area contributed by atoms with Gasteiger partial charge in [0.15, 0.2) is 11.6 Å². The molecule has 0 spiro atoms. The Labute approximate surface area is 191 Å². The smallest absolute Gasteiger partial charge is 0.319 e. The third kappa shape index (κ3) is 4.93. The minimum atomic E-state index is -0.440. The predicted octanol–water partition coefficient (Wildman–Crippen LogP) is 3.85. The number of nitrogens with one attached hydrogen (secondary N) is 2. The third-order valence-electron chi connectivity index (χ3n) is 5.74. The third-order valence-corrected chi connectivity index (χ3v) is 5.74. The highest BCUT2D eigenvalue weighted by Gasteiger charge is 2.24. The maximum absolute atomic E-state index is 14.5. The number of hydrogen-bond acceptors (Lipinski definition) is 6. The van der Waals surface area contributed by atoms with Crippen molar-refractivity contribution in [2.45, 2.75) is 31.8 Å². The summed E-state index contributed by atoms with van der Waals surface area (Å²) in [5.74, 6) is 0.753. The average molecular weight is 449 g/mol. The van der Waals surface area contributed by atoms with Crippen molar-refractivity contribution in [3.8, 4) is 22.6 Å². The second kappa shape index (κ2) is 9.11. The second-order valence-electron chi connectivity index (χ2n) is 8.36. The SMILES string of the molecule is CC1COCCN1c1cc(-c2ccncc2F)nc(-c2ccc(NC(=O)NC3CC3)cc2)n1. The largest absolute Gasteiger partial charge is 0.377 e. The summed E-state index contributed by atoms with van der Waals surface area (Å²) in [6, 6.07) is 10.9. The molecule has 8 nitrogen and oxygen atoms in total. The predicted molar refractivity (Wildman–Crippen MR) is 123 cm³/mol. The van der Waals surface area contributed by atoms with Crippen molar-refractivity contribution >= 4 is 17.5 Å². The number of amides is 2. The van der Waals surface area contributed by atoms with Crippen LogP contribution in [0.25, 0.3) is 22.6 Å². The minimum absolute atomic E-state index is 0.133. The summed E-state index contributed by atoms with van der Waals surface area (Å²) in [5.41, 5.74) is 2.29. The fourth-order valence-electron chi connectivity index (χ4n) is 3.78. The van der Waals surface area contributed by atoms with E-state index < -0.39 is 5.82 Å². The molecule has 2 aromatic heterocycles. The quantitative estimate of drug-likeness (QED) is 0.616. The number of halogens is 1. The summed E-state index contributed by atoms with van der Waals surface area (Å²) in [6.07, 6.45) is 4.79. The zero-order valence-corrected chi connectivity index (χ0v) is 18.3. The molecule has 3 aromatic rings. The van der Waals surface area contributed by atoms with Crippen LogP contribution in [0.2, 0.25) is 0 Å². The highest BCUT2D eigenvalue weighted by Crippen LogP contribution is 2.29. The molecule has 9 heteroatoms. The van der Waals surface area contributed by atoms with Crippen LogP contribution in [0, 0.1) is 5.82 Å². The molecule has 2 amide bonds. The first-order valence-electron chi connectivity index (χ1n) is 11.1. The number of ether oxygens (including phenoxy) is 1. The number of nitrogens with zero attached hydrogens (tertiary/aromatic N) is 4. The van der Waals surface area contributed by atoms with Gasteiger partial charge in [0.25, 0.3) is 0 Å². The first kappa shape index (κ1) is 21.3. The van der Waals surface area contributed by atoms with E-state index in [2.05, 4.69) is 32.4 Å². The van der Waals surface area contributed by atoms with Crippen LogP contribution in [0.1, 0.15) is 19.8 Å². The number of benzene rings is 1. The summed E-state index contributed by atoms with van der Waals surface area (Å²) in [4.78, 5) is 27.4. The molecule has 2 aliphatic rings. The number of hydrogen-bond donors (Lipinski definition) is 2. The van der Waals surface area contributed by atoms with E-state index in [0.29, 0.717) is 48.3 Å². The Morgan fingerprint density at radius 3 is 2.73 bits per heavy atom. The molecule has 1 saturated heterocycles. The van der Waals surface area contributed by atoms with Crippen LogP contribution in [-0.4, -0.2) is 52.8 Å². The molecule has 5 rings (SSSR count). The van der Waals surface area contributed by atoms with Gasteiger partial charge in [0.05, 0.1) is 31.1 Å². The minimum Gasteiger partial charge on any atom is -0.377 e. The van der Waals surface area contributed by atoms with Crippen molar-refractivity contribution in [3.05, 3.63) is 54.6 Å². The Hall–Kier alpha value is -3.59. The number of rotatable bonds is 5. The number of carbonyl (C=O) groups is 1. The van der Waals surface area contributed by atoms with Gasteiger partial charge in [-0.25, -0.2) is 19.2 Å². The second-order valence-corrected chi connectivity index (χ2v) is 8.36. The highest BCUT2D eigenvalue weighted by molar-refractivity contribution is 5.89. The van der Waals surface area contributed by atoms with E-state index in [1.54, 1.807) is 12.3 Å². The summed E-state index contributed by atoms with van der Waals surface area (Å²) < 4.78 is 20.1. The Kier molecular flexibility index (Phi) is 5.87. The van der Waals surface area contributed by atoms with Gasteiger partial charge in [-0.3, -0.25) is 4.98 Å². The van der Waals surface area contributed by atoms with E-state index in [9.17, 15) is 9.18 Å². The maximum atomic E-state index is 14.5. The lowest BCUT2D eigenvalue weighted by Gasteiger charge is -2.34. The van der Waals surface area contributed by atoms with Crippen LogP contribution in [-0.2, 0) is 4.74 Å². The molecule has 170 valence electrons. The zero-order valence-electron chi connectivity index (χ0n) is 18.3. The summed E-state index contributed by atoms with van der Waals surface area (Å²) >= 11 is 0. The molecule has 2 N–H and O–H groups in total. The van der Waals surface area contributed by atoms with Gasteiger partial charge >= 0.3 is 6.03 Å². The summed E-state index contributed by atoms with van der Waals surface area (Å²) in [5, 5.41) is 5.73. The highest BCUT2D eigenvalue weighted by atomic mass is 19.1. The van der Waals surface area contributed by atoms with Gasteiger partial charge in [-0.1, -0.05) is 0 Å². The monoisotopic (exact) mass is 448 g/mol. The molecule has 1 saturated carbocycles. The van der Waals surface area contributed by atoms with Gasteiger partial charge in [0.2, 0.25) is 0 Å². The number of urea groups is 1. The molecule has 2 fully saturated rings. The fourth-order valence-corrected chi connectivity index (χ4v) is 3.78. The van der Waals surface area contributed by atoms with Crippen molar-refractivity contribution in [3.63, 3.8) is 0 Å². The van der Waals surface area contributed by atoms with Crippen LogP contribution in [0.4, 0.5) is 20.7 Å². The normalized spacial score (nSPS) is 18.1. The van der Waals surface area contributed by atoms with Gasteiger partial charge in [-0.2, -0.15) is 0 Å². The Balaban J connectivity index is 1.48. The van der Waals surface area contributed by atoms with Crippen molar-refractivity contribution < 1.29 is 13.9 Å². The molecule has 1 unspecified atom stereocenters. The van der Waals surface area contributed by atoms with E-state index in [4.69, 9.17) is 9.72 Å². The van der Waals surface area contributed by atoms with Crippen LogP contribution in [0.5, 0.6) is 0 Å². The Bertz CT molecular complexity index is 1150. The summed E-state index contributed by atoms with van der Waals surface area (Å²) in [7, 11) is 0. The zero-order chi connectivity index (χ0) is 22.8. The number of aromatic nitrogens is 3. The number of morpholine rings is 1. The average Bonchev–Trinajstić information content (AvgIpc) is 3.64. The van der Waals surface area contributed by atoms with Crippen LogP contribution >= 0.6 is 0 Å². The molecule has 1 atom stereocenters. The van der Waals surface area contributed by atoms with E-state index in [1.807, 2.05) is 30.3 Å². The Morgan fingerprint density at radius 2 is 2.00 bits per heavy atom. The van der Waals surface area contributed by atoms with Gasteiger partial charge in [0, 0.05) is 41.7 Å². The van der Waals surface area contributed by atoms with Gasteiger partial charge in [-0.05, 0) is 50.1 Å². The molecule has 0 bridgehead atoms. The van der Waals surface area contributed by atoms with Gasteiger partial charge in [0.1, 0.15) is 5.82 Å². The van der Waals surface area contributed by atoms with E-state index in [1.165, 1.54) is 6.20 Å². The molecular weight excluding hydrogens is 423 g/mol. The van der Waals surface area contributed by atoms with Crippen LogP contribution in [0.15, 0.2) is 48.8 Å². The van der Waals surface area contributed by atoms with E-state index in [-0.39, 0.29) is 18.1 Å². The number of carbonyl (C=O) groups excluding carboxylic acids is 1. The molecule has 33 heavy (non-hydrogen) atoms. The van der Waals surface area contributed by atoms with Crippen molar-refractivity contribution in [1.82, 2.24) is 20.3 Å². The van der Waals surface area contributed by atoms with Crippen molar-refractivity contribution in [2.24, 2.45) is 0 Å². The number of anilines is 2. The lowest BCUT2D eigenvalue weighted by Crippen LogP contribution is -2.44. The molecule has 0 radical (unpaired) electrons. The van der Waals surface area contributed by atoms with Crippen molar-refractivity contribution in [1.29, 1.82) is 0 Å². The topological polar surface area (TPSA) is 92.3 Å². The first-order valence-corrected chi connectivity index (χ1v) is 11.1. The molecule has 1 aliphatic heterocycles. The maximum Gasteiger partial charge on any atom is 0.319 e. The lowest BCUT2D eigenvalue weighted by molar-refractivity contribution is 0.0985. The molecular formula is C24H25FN6O2. The van der Waals surface area contributed by atoms with Gasteiger partial charge < -0.3 is 20.3 Å². The standard InChI is InChI=1S/C24H25FN6O2/c1-15-14-33-11-10-31(15)22-12-21(19-8-9-26-13-20(19)25)29-23(30-22)16-2-4-17(5-3-16)27-24(32)28-18-6-7-18/h2-5,8-9,12-13,15,18H,6-7,10-11,14H2,1H3,(H2,27,28,32). The first-order chi connectivity index (χ1) is 16.1. The molecule has 3 heterocycles. The lowest BCUT2D eigenvalue weighted by atomic mass is 10.1. The Morgan fingerprint density at radius 1 is 1.18 bits per heavy atom. The summed E-state index contributed by atoms with van der Waals surface area (Å²) in [6.45, 7) is 3.96. The number of pyridine rings is 1. The van der Waals surface area contributed by atoms with E-state index in [0.717, 1.165) is 18.4 Å². The fraction of sp³-hybridized carbons (Fsp3) is 0.333. The van der Waals surface area contributed by atoms with Gasteiger partial charge in [-0.15, -0.1) is 0 Å². The molecule has 1 aromatic carbocycles. The molecule has 1 aliphatic carbocycles. The van der Waals surface area contributed by atoms with Crippen LogP contribution < -0.4 is 15.5 Å². The van der Waals surface area contributed by atoms with Crippen LogP contribution in [0.3, 0.4) is 0 Å².